The van der Waals surface area contributed by atoms with Crippen molar-refractivity contribution in [1.29, 1.82) is 0 Å². The Kier molecular flexibility index (Phi) is 4.64. The average molecular weight is 208 g/mol. The minimum absolute atomic E-state index is 0.139. The molecule has 0 saturated carbocycles. The maximum atomic E-state index is 11.7. The van der Waals surface area contributed by atoms with Gasteiger partial charge in [-0.1, -0.05) is 13.3 Å². The second-order valence-electron chi connectivity index (χ2n) is 4.40. The SMILES string of the molecule is CCCC(C)OP(=O)(O)C(C)(C)C. The Bertz CT molecular complexity index is 196. The first-order valence-corrected chi connectivity index (χ1v) is 6.29. The van der Waals surface area contributed by atoms with Crippen LogP contribution in [-0.2, 0) is 9.09 Å². The minimum Gasteiger partial charge on any atom is -0.324 e. The van der Waals surface area contributed by atoms with Gasteiger partial charge in [-0.3, -0.25) is 4.57 Å². The molecule has 0 aromatic rings. The quantitative estimate of drug-likeness (QED) is 0.722. The van der Waals surface area contributed by atoms with E-state index >= 15 is 0 Å². The molecule has 0 fully saturated rings. The maximum absolute atomic E-state index is 11.7. The van der Waals surface area contributed by atoms with Gasteiger partial charge >= 0.3 is 7.60 Å². The standard InChI is InChI=1S/C9H21O3P/c1-6-7-8(2)12-13(10,11)9(3,4)5/h8H,6-7H2,1-5H3,(H,10,11). The summed E-state index contributed by atoms with van der Waals surface area (Å²) in [7, 11) is -3.46. The van der Waals surface area contributed by atoms with Gasteiger partial charge in [0.15, 0.2) is 0 Å². The van der Waals surface area contributed by atoms with Crippen LogP contribution in [0.3, 0.4) is 0 Å². The fourth-order valence-corrected chi connectivity index (χ4v) is 1.77. The summed E-state index contributed by atoms with van der Waals surface area (Å²) in [5.74, 6) is 0. The molecule has 1 N–H and O–H groups in total. The van der Waals surface area contributed by atoms with Gasteiger partial charge in [0.05, 0.1) is 11.3 Å². The molecule has 0 aromatic carbocycles. The van der Waals surface area contributed by atoms with Gasteiger partial charge in [0.1, 0.15) is 0 Å². The number of rotatable bonds is 4. The molecule has 0 aliphatic carbocycles. The summed E-state index contributed by atoms with van der Waals surface area (Å²) in [5.41, 5.74) is 0. The lowest BCUT2D eigenvalue weighted by atomic mass is 10.2. The predicted octanol–water partition coefficient (Wildman–Crippen LogP) is 3.18. The van der Waals surface area contributed by atoms with E-state index in [2.05, 4.69) is 0 Å². The molecule has 0 aliphatic rings. The molecular formula is C9H21O3P. The summed E-state index contributed by atoms with van der Waals surface area (Å²) >= 11 is 0. The number of hydrogen-bond donors (Lipinski definition) is 1. The molecule has 80 valence electrons. The van der Waals surface area contributed by atoms with E-state index in [9.17, 15) is 9.46 Å². The van der Waals surface area contributed by atoms with Crippen molar-refractivity contribution in [3.63, 3.8) is 0 Å². The Morgan fingerprint density at radius 3 is 2.23 bits per heavy atom. The third-order valence-electron chi connectivity index (χ3n) is 1.87. The van der Waals surface area contributed by atoms with Crippen LogP contribution >= 0.6 is 7.60 Å². The lowest BCUT2D eigenvalue weighted by Gasteiger charge is -2.27. The van der Waals surface area contributed by atoms with Crippen molar-refractivity contribution in [2.24, 2.45) is 0 Å². The van der Waals surface area contributed by atoms with E-state index in [1.54, 1.807) is 20.8 Å². The van der Waals surface area contributed by atoms with Crippen molar-refractivity contribution >= 4 is 7.60 Å². The van der Waals surface area contributed by atoms with Crippen LogP contribution in [-0.4, -0.2) is 16.2 Å². The molecule has 4 heteroatoms. The largest absolute Gasteiger partial charge is 0.333 e. The van der Waals surface area contributed by atoms with Crippen LogP contribution in [0.4, 0.5) is 0 Å². The molecule has 0 heterocycles. The summed E-state index contributed by atoms with van der Waals surface area (Å²) in [6.07, 6.45) is 1.64. The zero-order chi connectivity index (χ0) is 10.7. The molecule has 0 aromatic heterocycles. The summed E-state index contributed by atoms with van der Waals surface area (Å²) in [4.78, 5) is 9.58. The summed E-state index contributed by atoms with van der Waals surface area (Å²) in [5, 5.41) is -0.686. The van der Waals surface area contributed by atoms with Gasteiger partial charge in [0.2, 0.25) is 0 Å². The van der Waals surface area contributed by atoms with E-state index in [0.717, 1.165) is 12.8 Å². The fourth-order valence-electron chi connectivity index (χ4n) is 0.861. The first-order chi connectivity index (χ1) is 5.70. The molecule has 0 rings (SSSR count). The van der Waals surface area contributed by atoms with E-state index < -0.39 is 12.8 Å². The van der Waals surface area contributed by atoms with E-state index in [4.69, 9.17) is 4.52 Å². The molecule has 13 heavy (non-hydrogen) atoms. The molecular weight excluding hydrogens is 187 g/mol. The van der Waals surface area contributed by atoms with Crippen LogP contribution in [0.15, 0.2) is 0 Å². The molecule has 0 amide bonds. The zero-order valence-electron chi connectivity index (χ0n) is 9.20. The third-order valence-corrected chi connectivity index (χ3v) is 4.21. The van der Waals surface area contributed by atoms with Crippen LogP contribution < -0.4 is 0 Å². The van der Waals surface area contributed by atoms with Crippen LogP contribution in [0.1, 0.15) is 47.5 Å². The zero-order valence-corrected chi connectivity index (χ0v) is 10.1. The molecule has 0 radical (unpaired) electrons. The first-order valence-electron chi connectivity index (χ1n) is 4.72. The third kappa shape index (κ3) is 4.26. The summed E-state index contributed by atoms with van der Waals surface area (Å²) in [6.45, 7) is 9.00. The van der Waals surface area contributed by atoms with Gasteiger partial charge in [-0.25, -0.2) is 0 Å². The van der Waals surface area contributed by atoms with Gasteiger partial charge < -0.3 is 9.42 Å². The van der Waals surface area contributed by atoms with Gasteiger partial charge in [-0.05, 0) is 34.1 Å². The number of hydrogen-bond acceptors (Lipinski definition) is 2. The lowest BCUT2D eigenvalue weighted by Crippen LogP contribution is -2.19. The second kappa shape index (κ2) is 4.59. The Morgan fingerprint density at radius 2 is 1.92 bits per heavy atom. The van der Waals surface area contributed by atoms with Gasteiger partial charge in [0, 0.05) is 0 Å². The summed E-state index contributed by atoms with van der Waals surface area (Å²) < 4.78 is 16.8. The fraction of sp³-hybridized carbons (Fsp3) is 1.00. The van der Waals surface area contributed by atoms with Crippen molar-refractivity contribution in [2.45, 2.75) is 58.7 Å². The lowest BCUT2D eigenvalue weighted by molar-refractivity contribution is 0.168. The normalized spacial score (nSPS) is 19.5. The highest BCUT2D eigenvalue weighted by Gasteiger charge is 2.37. The van der Waals surface area contributed by atoms with Crippen molar-refractivity contribution in [1.82, 2.24) is 0 Å². The molecule has 0 spiro atoms. The van der Waals surface area contributed by atoms with E-state index in [1.807, 2.05) is 13.8 Å². The van der Waals surface area contributed by atoms with Crippen LogP contribution in [0.5, 0.6) is 0 Å². The summed E-state index contributed by atoms with van der Waals surface area (Å²) in [6, 6.07) is 0. The molecule has 0 bridgehead atoms. The van der Waals surface area contributed by atoms with Crippen LogP contribution in [0.2, 0.25) is 0 Å². The Morgan fingerprint density at radius 1 is 1.46 bits per heavy atom. The minimum atomic E-state index is -3.46. The highest BCUT2D eigenvalue weighted by Crippen LogP contribution is 2.55. The van der Waals surface area contributed by atoms with Gasteiger partial charge in [-0.2, -0.15) is 0 Å². The van der Waals surface area contributed by atoms with E-state index in [1.165, 1.54) is 0 Å². The van der Waals surface area contributed by atoms with Gasteiger partial charge in [-0.15, -0.1) is 0 Å². The second-order valence-corrected chi connectivity index (χ2v) is 6.99. The molecule has 0 aliphatic heterocycles. The first kappa shape index (κ1) is 13.2. The van der Waals surface area contributed by atoms with Gasteiger partial charge in [0.25, 0.3) is 0 Å². The highest BCUT2D eigenvalue weighted by atomic mass is 31.2. The molecule has 0 saturated heterocycles. The monoisotopic (exact) mass is 208 g/mol. The van der Waals surface area contributed by atoms with Crippen molar-refractivity contribution in [2.75, 3.05) is 0 Å². The van der Waals surface area contributed by atoms with Crippen LogP contribution in [0, 0.1) is 0 Å². The van der Waals surface area contributed by atoms with E-state index in [-0.39, 0.29) is 6.10 Å². The van der Waals surface area contributed by atoms with Crippen molar-refractivity contribution < 1.29 is 14.0 Å². The topological polar surface area (TPSA) is 46.5 Å². The Labute approximate surface area is 81.0 Å². The smallest absolute Gasteiger partial charge is 0.324 e. The average Bonchev–Trinajstić information content (AvgIpc) is 1.83. The molecule has 2 unspecified atom stereocenters. The Balaban J connectivity index is 4.26. The maximum Gasteiger partial charge on any atom is 0.333 e. The molecule has 2 atom stereocenters. The Hall–Kier alpha value is 0.150. The highest BCUT2D eigenvalue weighted by molar-refractivity contribution is 7.54. The van der Waals surface area contributed by atoms with E-state index in [0.29, 0.717) is 0 Å². The molecule has 3 nitrogen and oxygen atoms in total. The predicted molar refractivity (Wildman–Crippen MR) is 55.0 cm³/mol. The van der Waals surface area contributed by atoms with Crippen molar-refractivity contribution in [3.05, 3.63) is 0 Å². The van der Waals surface area contributed by atoms with Crippen molar-refractivity contribution in [3.8, 4) is 0 Å². The van der Waals surface area contributed by atoms with Crippen LogP contribution in [0.25, 0.3) is 0 Å².